The van der Waals surface area contributed by atoms with Gasteiger partial charge in [-0.15, -0.1) is 0 Å². The maximum absolute atomic E-state index is 13.2. The second-order valence-electron chi connectivity index (χ2n) is 15.9. The van der Waals surface area contributed by atoms with Crippen molar-refractivity contribution in [2.45, 2.75) is 44.3 Å². The molecule has 3 aromatic heterocycles. The Morgan fingerprint density at radius 1 is 0.889 bits per heavy atom. The molecule has 72 heavy (non-hydrogen) atoms. The summed E-state index contributed by atoms with van der Waals surface area (Å²) in [6.45, 7) is 0.122. The van der Waals surface area contributed by atoms with E-state index >= 15 is 0 Å². The van der Waals surface area contributed by atoms with Gasteiger partial charge in [-0.2, -0.15) is 18.3 Å². The highest BCUT2D eigenvalue weighted by molar-refractivity contribution is 6.24. The van der Waals surface area contributed by atoms with Gasteiger partial charge in [0, 0.05) is 50.0 Å². The van der Waals surface area contributed by atoms with E-state index in [1.54, 1.807) is 12.1 Å². The number of anilines is 2. The van der Waals surface area contributed by atoms with E-state index in [-0.39, 0.29) is 96.3 Å². The zero-order valence-corrected chi connectivity index (χ0v) is 38.0. The molecule has 1 saturated heterocycles. The van der Waals surface area contributed by atoms with E-state index < -0.39 is 66.7 Å². The number of primary amides is 1. The number of amides is 8. The van der Waals surface area contributed by atoms with Gasteiger partial charge in [-0.05, 0) is 74.2 Å². The minimum atomic E-state index is -4.47. The first-order chi connectivity index (χ1) is 34.6. The third-order valence-electron chi connectivity index (χ3n) is 10.8. The summed E-state index contributed by atoms with van der Waals surface area (Å²) in [5, 5.41) is 16.4. The maximum Gasteiger partial charge on any atom is 0.405 e. The summed E-state index contributed by atoms with van der Waals surface area (Å²) in [4.78, 5) is 109. The molecule has 8 amide bonds. The number of ether oxygens (including phenoxy) is 3. The van der Waals surface area contributed by atoms with Gasteiger partial charge in [0.05, 0.1) is 41.9 Å². The van der Waals surface area contributed by atoms with E-state index in [0.717, 1.165) is 30.4 Å². The maximum atomic E-state index is 13.2. The van der Waals surface area contributed by atoms with Crippen LogP contribution in [0.25, 0.3) is 17.1 Å². The lowest BCUT2D eigenvalue weighted by Crippen LogP contribution is -2.54. The number of nitrogens with zero attached hydrogens (tertiary/aromatic N) is 5. The number of benzene rings is 2. The normalized spacial score (nSPS) is 14.4. The number of halogens is 3. The third-order valence-corrected chi connectivity index (χ3v) is 10.8. The number of rotatable bonds is 24. The van der Waals surface area contributed by atoms with Crippen molar-refractivity contribution in [2.24, 2.45) is 5.73 Å². The van der Waals surface area contributed by atoms with Crippen LogP contribution in [-0.4, -0.2) is 137 Å². The number of fused-ring (bicyclic) bond motifs is 1. The first kappa shape index (κ1) is 51.3. The Labute approximate surface area is 406 Å². The number of imide groups is 2. The zero-order chi connectivity index (χ0) is 51.4. The number of carbonyl (C=O) groups excluding carboxylic acids is 8. The lowest BCUT2D eigenvalue weighted by atomic mass is 10.0. The summed E-state index contributed by atoms with van der Waals surface area (Å²) in [5.74, 6) is -5.39. The van der Waals surface area contributed by atoms with Crippen LogP contribution in [0.3, 0.4) is 0 Å². The molecule has 5 heterocycles. The molecule has 1 fully saturated rings. The van der Waals surface area contributed by atoms with Gasteiger partial charge in [0.15, 0.2) is 18.0 Å². The first-order valence-electron chi connectivity index (χ1n) is 22.3. The molecule has 1 unspecified atom stereocenters. The van der Waals surface area contributed by atoms with Crippen molar-refractivity contribution < 1.29 is 70.2 Å². The topological polar surface area (TPSA) is 310 Å². The number of piperidine rings is 1. The Morgan fingerprint density at radius 2 is 1.62 bits per heavy atom. The molecule has 1 atom stereocenters. The van der Waals surface area contributed by atoms with Gasteiger partial charge in [0.1, 0.15) is 30.4 Å². The number of oxazole rings is 1. The van der Waals surface area contributed by atoms with Crippen LogP contribution in [0.1, 0.15) is 84.2 Å². The van der Waals surface area contributed by atoms with Gasteiger partial charge < -0.3 is 45.6 Å². The molecule has 378 valence electrons. The van der Waals surface area contributed by atoms with Crippen LogP contribution in [0.4, 0.5) is 24.7 Å². The standard InChI is InChI=1S/C46H46F3N11O12/c47-46(48,49)25-54-34-21-27(13-14-51-34)43-56-31(23-72-43)41(65)55-30-22-59(58-38(30)39(50)63)28-9-7-26(8-10-28)40(64)53-16-20-70-18-3-1-2-17-69-19-15-52-36(62)24-71-33-6-4-5-29-37(33)45(68)60(44(29)67)32-11-12-35(61)57-42(32)66/h4-10,13-14,21-23,32H,1-3,11-12,15-20,24-25H2,(H2,50,63)(H,51,54)(H,52,62)(H,53,64)(H,55,65)(H,57,61,66). The molecule has 7 N–H and O–H groups in total. The van der Waals surface area contributed by atoms with Crippen LogP contribution in [0.5, 0.6) is 5.75 Å². The number of aromatic nitrogens is 4. The van der Waals surface area contributed by atoms with Crippen molar-refractivity contribution in [1.82, 2.24) is 40.6 Å². The predicted octanol–water partition coefficient (Wildman–Crippen LogP) is 2.78. The van der Waals surface area contributed by atoms with Gasteiger partial charge in [0.25, 0.3) is 35.4 Å². The van der Waals surface area contributed by atoms with E-state index in [1.807, 2.05) is 0 Å². The number of alkyl halides is 3. The van der Waals surface area contributed by atoms with Crippen LogP contribution >= 0.6 is 0 Å². The van der Waals surface area contributed by atoms with E-state index in [4.69, 9.17) is 24.4 Å². The van der Waals surface area contributed by atoms with E-state index in [2.05, 4.69) is 41.7 Å². The fourth-order valence-corrected chi connectivity index (χ4v) is 7.28. The summed E-state index contributed by atoms with van der Waals surface area (Å²) < 4.78 is 61.3. The average molecular weight is 1000 g/mol. The van der Waals surface area contributed by atoms with Crippen molar-refractivity contribution in [3.8, 4) is 22.9 Å². The average Bonchev–Trinajstić information content (AvgIpc) is 4.09. The van der Waals surface area contributed by atoms with Gasteiger partial charge in [-0.25, -0.2) is 14.6 Å². The molecule has 26 heteroatoms. The Bertz CT molecular complexity index is 2850. The summed E-state index contributed by atoms with van der Waals surface area (Å²) in [7, 11) is 0. The Kier molecular flexibility index (Phi) is 16.7. The van der Waals surface area contributed by atoms with Gasteiger partial charge in [-0.3, -0.25) is 48.6 Å². The second kappa shape index (κ2) is 23.4. The molecule has 2 aliphatic heterocycles. The molecule has 0 bridgehead atoms. The van der Waals surface area contributed by atoms with Crippen molar-refractivity contribution in [3.63, 3.8) is 0 Å². The molecule has 2 aromatic carbocycles. The van der Waals surface area contributed by atoms with E-state index in [9.17, 15) is 51.5 Å². The molecule has 5 aromatic rings. The molecule has 7 rings (SSSR count). The fourth-order valence-electron chi connectivity index (χ4n) is 7.28. The van der Waals surface area contributed by atoms with E-state index in [0.29, 0.717) is 24.5 Å². The Hall–Kier alpha value is -8.52. The van der Waals surface area contributed by atoms with Crippen LogP contribution in [0.2, 0.25) is 0 Å². The number of unbranched alkanes of at least 4 members (excludes halogenated alkanes) is 2. The predicted molar refractivity (Wildman–Crippen MR) is 244 cm³/mol. The molecular formula is C46H46F3N11O12. The highest BCUT2D eigenvalue weighted by atomic mass is 19.4. The van der Waals surface area contributed by atoms with Gasteiger partial charge >= 0.3 is 6.18 Å². The third kappa shape index (κ3) is 13.2. The van der Waals surface area contributed by atoms with Crippen molar-refractivity contribution in [1.29, 1.82) is 0 Å². The summed E-state index contributed by atoms with van der Waals surface area (Å²) in [6.07, 6.45) is 1.43. The number of nitrogens with two attached hydrogens (primary N) is 1. The summed E-state index contributed by atoms with van der Waals surface area (Å²) in [6, 6.07) is 12.1. The zero-order valence-electron chi connectivity index (χ0n) is 38.0. The fraction of sp³-hybridized carbons (Fsp3) is 0.326. The smallest absolute Gasteiger partial charge is 0.405 e. The Morgan fingerprint density at radius 3 is 2.33 bits per heavy atom. The van der Waals surface area contributed by atoms with Crippen LogP contribution in [0, 0.1) is 0 Å². The molecule has 0 spiro atoms. The van der Waals surface area contributed by atoms with Crippen LogP contribution in [-0.2, 0) is 23.9 Å². The molecule has 0 aliphatic carbocycles. The highest BCUT2D eigenvalue weighted by Gasteiger charge is 2.46. The highest BCUT2D eigenvalue weighted by Crippen LogP contribution is 2.34. The van der Waals surface area contributed by atoms with Gasteiger partial charge in [-0.1, -0.05) is 6.07 Å². The summed E-state index contributed by atoms with van der Waals surface area (Å²) >= 11 is 0. The lowest BCUT2D eigenvalue weighted by Gasteiger charge is -2.27. The lowest BCUT2D eigenvalue weighted by molar-refractivity contribution is -0.136. The molecule has 23 nitrogen and oxygen atoms in total. The van der Waals surface area contributed by atoms with Crippen LogP contribution in [0.15, 0.2) is 77.7 Å². The van der Waals surface area contributed by atoms with E-state index in [1.165, 1.54) is 59.5 Å². The quantitative estimate of drug-likeness (QED) is 0.0382. The second-order valence-corrected chi connectivity index (χ2v) is 15.9. The number of carbonyl (C=O) groups is 8. The Balaban J connectivity index is 0.741. The molecule has 0 saturated carbocycles. The largest absolute Gasteiger partial charge is 0.483 e. The summed E-state index contributed by atoms with van der Waals surface area (Å²) in [5.41, 5.74) is 5.94. The number of nitrogens with one attached hydrogen (secondary N) is 5. The van der Waals surface area contributed by atoms with Crippen molar-refractivity contribution in [2.75, 3.05) is 63.3 Å². The number of pyridine rings is 1. The number of hydrogen-bond acceptors (Lipinski definition) is 16. The van der Waals surface area contributed by atoms with Crippen molar-refractivity contribution in [3.05, 3.63) is 101 Å². The molecule has 2 aliphatic rings. The first-order valence-corrected chi connectivity index (χ1v) is 22.3. The van der Waals surface area contributed by atoms with Crippen molar-refractivity contribution >= 4 is 58.8 Å². The minimum Gasteiger partial charge on any atom is -0.483 e. The molecular weight excluding hydrogens is 956 g/mol. The van der Waals surface area contributed by atoms with Crippen LogP contribution < -0.4 is 37.1 Å². The monoisotopic (exact) mass is 1000 g/mol. The minimum absolute atomic E-state index is 0.0101. The SMILES string of the molecule is NC(=O)c1nn(-c2ccc(C(=O)NCCOCCCCCOCCNC(=O)COc3cccc4c3C(=O)N(C3CCC(=O)NC3=O)C4=O)cc2)cc1NC(=O)c1coc(-c2ccnc(NCC(F)(F)F)c2)n1. The molecule has 0 radical (unpaired) electrons. The van der Waals surface area contributed by atoms with Gasteiger partial charge in [0.2, 0.25) is 17.7 Å². The number of hydrogen-bond donors (Lipinski definition) is 6.